The second-order valence-electron chi connectivity index (χ2n) is 5.17. The van der Waals surface area contributed by atoms with Crippen LogP contribution >= 0.6 is 0 Å². The van der Waals surface area contributed by atoms with Crippen LogP contribution in [0.15, 0.2) is 53.6 Å². The molecule has 0 saturated carbocycles. The minimum Gasteiger partial charge on any atom is -0.308 e. The molecule has 0 spiro atoms. The van der Waals surface area contributed by atoms with E-state index in [2.05, 4.69) is 30.6 Å². The summed E-state index contributed by atoms with van der Waals surface area (Å²) in [5.74, 6) is 0.219. The van der Waals surface area contributed by atoms with E-state index in [9.17, 15) is 9.59 Å². The number of aromatic nitrogens is 4. The zero-order valence-electron chi connectivity index (χ0n) is 12.3. The van der Waals surface area contributed by atoms with Gasteiger partial charge in [-0.15, -0.1) is 0 Å². The maximum Gasteiger partial charge on any atom is 0.325 e. The van der Waals surface area contributed by atoms with Crippen LogP contribution in [0.3, 0.4) is 0 Å². The molecule has 0 fully saturated rings. The molecule has 2 heterocycles. The number of carbonyl (C=O) groups excluding carboxylic acids is 1. The molecule has 0 aliphatic heterocycles. The topological polar surface area (TPSA) is 116 Å². The number of aromatic amines is 2. The molecule has 0 aliphatic carbocycles. The predicted molar refractivity (Wildman–Crippen MR) is 91.1 cm³/mol. The molecule has 0 saturated heterocycles. The van der Waals surface area contributed by atoms with Gasteiger partial charge in [0.15, 0.2) is 11.5 Å². The van der Waals surface area contributed by atoms with Crippen molar-refractivity contribution in [2.24, 2.45) is 0 Å². The Labute approximate surface area is 135 Å². The van der Waals surface area contributed by atoms with Gasteiger partial charge in [-0.3, -0.25) is 10.3 Å². The molecule has 0 aliphatic rings. The number of fused-ring (bicyclic) bond motifs is 2. The van der Waals surface area contributed by atoms with Crippen molar-refractivity contribution < 1.29 is 4.79 Å². The SMILES string of the molecule is O=C(Nc1ccc2ccccc2c1)Nc1ncnc2[nH]c(=O)[nH]c12. The number of hydrogen-bond donors (Lipinski definition) is 4. The number of nitrogens with zero attached hydrogens (tertiary/aromatic N) is 2. The largest absolute Gasteiger partial charge is 0.325 e. The van der Waals surface area contributed by atoms with Crippen LogP contribution in [0.4, 0.5) is 16.3 Å². The molecular weight excluding hydrogens is 308 g/mol. The van der Waals surface area contributed by atoms with E-state index in [0.717, 1.165) is 10.8 Å². The van der Waals surface area contributed by atoms with E-state index in [-0.39, 0.29) is 5.82 Å². The molecule has 0 unspecified atom stereocenters. The third-order valence-electron chi connectivity index (χ3n) is 3.56. The number of rotatable bonds is 2. The van der Waals surface area contributed by atoms with Crippen molar-refractivity contribution in [3.63, 3.8) is 0 Å². The van der Waals surface area contributed by atoms with Gasteiger partial charge in [0.2, 0.25) is 0 Å². The molecule has 2 aromatic carbocycles. The lowest BCUT2D eigenvalue weighted by atomic mass is 10.1. The molecule has 4 aromatic rings. The van der Waals surface area contributed by atoms with E-state index in [1.807, 2.05) is 42.5 Å². The first-order chi connectivity index (χ1) is 11.7. The number of anilines is 2. The first-order valence-electron chi connectivity index (χ1n) is 7.19. The van der Waals surface area contributed by atoms with Crippen LogP contribution in [0.5, 0.6) is 0 Å². The van der Waals surface area contributed by atoms with Crippen molar-refractivity contribution in [1.82, 2.24) is 19.9 Å². The smallest absolute Gasteiger partial charge is 0.308 e. The lowest BCUT2D eigenvalue weighted by Crippen LogP contribution is -2.20. The van der Waals surface area contributed by atoms with Crippen LogP contribution in [0, 0.1) is 0 Å². The Morgan fingerprint density at radius 2 is 1.79 bits per heavy atom. The van der Waals surface area contributed by atoms with E-state index in [1.54, 1.807) is 0 Å². The molecule has 8 heteroatoms. The average Bonchev–Trinajstić information content (AvgIpc) is 2.96. The van der Waals surface area contributed by atoms with Gasteiger partial charge < -0.3 is 10.3 Å². The molecule has 118 valence electrons. The lowest BCUT2D eigenvalue weighted by Gasteiger charge is -2.08. The number of carbonyl (C=O) groups is 1. The number of benzene rings is 2. The summed E-state index contributed by atoms with van der Waals surface area (Å²) in [6.45, 7) is 0. The third-order valence-corrected chi connectivity index (χ3v) is 3.56. The molecule has 2 aromatic heterocycles. The van der Waals surface area contributed by atoms with E-state index < -0.39 is 11.7 Å². The molecule has 24 heavy (non-hydrogen) atoms. The highest BCUT2D eigenvalue weighted by Gasteiger charge is 2.10. The number of H-pyrrole nitrogens is 2. The van der Waals surface area contributed by atoms with Gasteiger partial charge in [0.25, 0.3) is 0 Å². The van der Waals surface area contributed by atoms with Gasteiger partial charge in [0, 0.05) is 5.69 Å². The zero-order valence-corrected chi connectivity index (χ0v) is 12.3. The van der Waals surface area contributed by atoms with Gasteiger partial charge in [-0.05, 0) is 22.9 Å². The second-order valence-corrected chi connectivity index (χ2v) is 5.17. The summed E-state index contributed by atoms with van der Waals surface area (Å²) in [6.07, 6.45) is 1.26. The van der Waals surface area contributed by atoms with Crippen LogP contribution in [0.2, 0.25) is 0 Å². The summed E-state index contributed by atoms with van der Waals surface area (Å²) in [5.41, 5.74) is 0.912. The van der Waals surface area contributed by atoms with Crippen LogP contribution in [-0.4, -0.2) is 26.0 Å². The second kappa shape index (κ2) is 5.51. The van der Waals surface area contributed by atoms with Gasteiger partial charge in [0.1, 0.15) is 11.8 Å². The fraction of sp³-hybridized carbons (Fsp3) is 0. The predicted octanol–water partition coefficient (Wildman–Crippen LogP) is 2.44. The molecule has 2 amide bonds. The summed E-state index contributed by atoms with van der Waals surface area (Å²) in [7, 11) is 0. The van der Waals surface area contributed by atoms with Gasteiger partial charge in [-0.1, -0.05) is 30.3 Å². The Balaban J connectivity index is 1.58. The van der Waals surface area contributed by atoms with Crippen molar-refractivity contribution in [3.8, 4) is 0 Å². The van der Waals surface area contributed by atoms with Crippen molar-refractivity contribution in [1.29, 1.82) is 0 Å². The number of hydrogen-bond acceptors (Lipinski definition) is 4. The molecule has 4 rings (SSSR count). The van der Waals surface area contributed by atoms with Crippen molar-refractivity contribution in [2.75, 3.05) is 10.6 Å². The summed E-state index contributed by atoms with van der Waals surface area (Å²) in [4.78, 5) is 36.5. The standard InChI is InChI=1S/C16H12N6O2/c23-15(19-11-6-5-9-3-1-2-4-10(9)7-11)21-13-12-14(18-8-17-13)22-16(24)20-12/h1-8H,(H4,17,18,19,20,21,22,23,24). The van der Waals surface area contributed by atoms with Crippen molar-refractivity contribution in [2.45, 2.75) is 0 Å². The van der Waals surface area contributed by atoms with Gasteiger partial charge in [0.05, 0.1) is 0 Å². The Morgan fingerprint density at radius 1 is 0.958 bits per heavy atom. The average molecular weight is 320 g/mol. The Hall–Kier alpha value is -3.68. The summed E-state index contributed by atoms with van der Waals surface area (Å²) < 4.78 is 0. The maximum absolute atomic E-state index is 12.2. The van der Waals surface area contributed by atoms with Crippen LogP contribution in [0.1, 0.15) is 0 Å². The molecule has 8 nitrogen and oxygen atoms in total. The molecule has 0 bridgehead atoms. The van der Waals surface area contributed by atoms with E-state index in [1.165, 1.54) is 6.33 Å². The Kier molecular flexibility index (Phi) is 3.20. The minimum absolute atomic E-state index is 0.219. The number of imidazole rings is 1. The van der Waals surface area contributed by atoms with Crippen molar-refractivity contribution in [3.05, 3.63) is 59.3 Å². The summed E-state index contributed by atoms with van der Waals surface area (Å²) >= 11 is 0. The van der Waals surface area contributed by atoms with E-state index in [4.69, 9.17) is 0 Å². The first kappa shape index (κ1) is 13.9. The van der Waals surface area contributed by atoms with Crippen LogP contribution in [0.25, 0.3) is 21.9 Å². The highest BCUT2D eigenvalue weighted by Crippen LogP contribution is 2.19. The van der Waals surface area contributed by atoms with Crippen molar-refractivity contribution >= 4 is 39.5 Å². The van der Waals surface area contributed by atoms with Gasteiger partial charge in [-0.25, -0.2) is 19.6 Å². The number of nitrogens with one attached hydrogen (secondary N) is 4. The fourth-order valence-electron chi connectivity index (χ4n) is 2.48. The molecular formula is C16H12N6O2. The summed E-state index contributed by atoms with van der Waals surface area (Å²) in [6, 6.07) is 13.0. The normalized spacial score (nSPS) is 10.8. The molecule has 4 N–H and O–H groups in total. The third kappa shape index (κ3) is 2.56. The number of amides is 2. The Bertz CT molecular complexity index is 1110. The van der Waals surface area contributed by atoms with Gasteiger partial charge >= 0.3 is 11.7 Å². The lowest BCUT2D eigenvalue weighted by molar-refractivity contribution is 0.262. The van der Waals surface area contributed by atoms with E-state index in [0.29, 0.717) is 16.9 Å². The van der Waals surface area contributed by atoms with Crippen LogP contribution < -0.4 is 16.3 Å². The highest BCUT2D eigenvalue weighted by molar-refractivity contribution is 6.03. The molecule has 0 atom stereocenters. The molecule has 0 radical (unpaired) electrons. The highest BCUT2D eigenvalue weighted by atomic mass is 16.2. The fourth-order valence-corrected chi connectivity index (χ4v) is 2.48. The first-order valence-corrected chi connectivity index (χ1v) is 7.19. The van der Waals surface area contributed by atoms with Gasteiger partial charge in [-0.2, -0.15) is 0 Å². The minimum atomic E-state index is -0.465. The summed E-state index contributed by atoms with van der Waals surface area (Å²) in [5, 5.41) is 7.46. The number of urea groups is 1. The zero-order chi connectivity index (χ0) is 16.5. The van der Waals surface area contributed by atoms with Crippen LogP contribution in [-0.2, 0) is 0 Å². The quantitative estimate of drug-likeness (QED) is 0.454. The van der Waals surface area contributed by atoms with E-state index >= 15 is 0 Å². The monoisotopic (exact) mass is 320 g/mol. The Morgan fingerprint density at radius 3 is 2.67 bits per heavy atom. The maximum atomic E-state index is 12.2.